The van der Waals surface area contributed by atoms with E-state index in [9.17, 15) is 10.1 Å². The number of guanidine groups is 1. The Balaban J connectivity index is 0.00000342. The van der Waals surface area contributed by atoms with Gasteiger partial charge < -0.3 is 15.8 Å². The number of nitro benzene ring substituents is 1. The molecule has 0 aliphatic heterocycles. The summed E-state index contributed by atoms with van der Waals surface area (Å²) in [5.74, 6) is 0.998. The molecular formula is C25H23ClN6O3. The highest BCUT2D eigenvalue weighted by Gasteiger charge is 2.12. The van der Waals surface area contributed by atoms with Crippen LogP contribution in [-0.2, 0) is 6.54 Å². The van der Waals surface area contributed by atoms with Gasteiger partial charge in [-0.3, -0.25) is 10.1 Å². The molecule has 3 aromatic carbocycles. The van der Waals surface area contributed by atoms with Crippen LogP contribution in [0.1, 0.15) is 5.56 Å². The number of hydrogen-bond acceptors (Lipinski definition) is 6. The molecule has 0 spiro atoms. The second kappa shape index (κ2) is 11.6. The standard InChI is InChI=1S/C25H22N6O3.ClH/c1-34-21-12-10-18(11-13-21)22-15-23(19-8-5-9-20(14-19)31(32)33)29-25(28-22)30-24(26)27-16-17-6-3-2-4-7-17;/h2-15H,16H2,1H3,(H3,26,27,28,29,30);1H. The largest absolute Gasteiger partial charge is 0.497 e. The summed E-state index contributed by atoms with van der Waals surface area (Å²) in [5.41, 5.74) is 9.55. The molecule has 9 nitrogen and oxygen atoms in total. The first-order valence-corrected chi connectivity index (χ1v) is 10.4. The molecule has 35 heavy (non-hydrogen) atoms. The lowest BCUT2D eigenvalue weighted by atomic mass is 10.1. The number of halogens is 1. The Labute approximate surface area is 208 Å². The molecule has 10 heteroatoms. The van der Waals surface area contributed by atoms with Crippen molar-refractivity contribution in [1.29, 1.82) is 0 Å². The zero-order valence-electron chi connectivity index (χ0n) is 18.8. The van der Waals surface area contributed by atoms with Crippen LogP contribution in [0, 0.1) is 10.1 Å². The van der Waals surface area contributed by atoms with Crippen molar-refractivity contribution >= 4 is 30.0 Å². The summed E-state index contributed by atoms with van der Waals surface area (Å²) in [5, 5.41) is 14.3. The van der Waals surface area contributed by atoms with E-state index in [2.05, 4.69) is 20.3 Å². The Morgan fingerprint density at radius 3 is 2.31 bits per heavy atom. The zero-order chi connectivity index (χ0) is 23.9. The molecule has 178 valence electrons. The number of nitro groups is 1. The van der Waals surface area contributed by atoms with Crippen LogP contribution < -0.4 is 15.8 Å². The molecule has 0 saturated heterocycles. The molecule has 0 saturated carbocycles. The van der Waals surface area contributed by atoms with Gasteiger partial charge in [-0.25, -0.2) is 9.97 Å². The average Bonchev–Trinajstić information content (AvgIpc) is 2.88. The Bertz CT molecular complexity index is 1330. The van der Waals surface area contributed by atoms with Crippen LogP contribution in [0.15, 0.2) is 89.9 Å². The van der Waals surface area contributed by atoms with Gasteiger partial charge in [-0.2, -0.15) is 4.99 Å². The number of methoxy groups -OCH3 is 1. The summed E-state index contributed by atoms with van der Waals surface area (Å²) >= 11 is 0. The maximum absolute atomic E-state index is 11.2. The summed E-state index contributed by atoms with van der Waals surface area (Å²) in [4.78, 5) is 24.2. The van der Waals surface area contributed by atoms with Gasteiger partial charge in [0.1, 0.15) is 5.75 Å². The molecule has 4 rings (SSSR count). The van der Waals surface area contributed by atoms with E-state index in [0.717, 1.165) is 11.1 Å². The van der Waals surface area contributed by atoms with Gasteiger partial charge in [0.15, 0.2) is 5.96 Å². The van der Waals surface area contributed by atoms with Crippen LogP contribution in [0.3, 0.4) is 0 Å². The Morgan fingerprint density at radius 2 is 1.66 bits per heavy atom. The number of aliphatic imine (C=N–C) groups is 1. The van der Waals surface area contributed by atoms with E-state index in [1.807, 2.05) is 54.6 Å². The molecule has 0 fully saturated rings. The molecule has 0 amide bonds. The molecule has 0 bridgehead atoms. The summed E-state index contributed by atoms with van der Waals surface area (Å²) in [7, 11) is 1.60. The Hall–Kier alpha value is -4.50. The predicted molar refractivity (Wildman–Crippen MR) is 138 cm³/mol. The van der Waals surface area contributed by atoms with Crippen LogP contribution in [0.5, 0.6) is 5.75 Å². The minimum Gasteiger partial charge on any atom is -0.497 e. The Morgan fingerprint density at radius 1 is 0.971 bits per heavy atom. The second-order valence-corrected chi connectivity index (χ2v) is 7.31. The number of nitrogens with one attached hydrogen (secondary N) is 1. The Kier molecular flexibility index (Phi) is 8.31. The fourth-order valence-electron chi connectivity index (χ4n) is 3.26. The van der Waals surface area contributed by atoms with Gasteiger partial charge in [-0.05, 0) is 35.9 Å². The van der Waals surface area contributed by atoms with Crippen LogP contribution in [-0.4, -0.2) is 28.0 Å². The SMILES string of the molecule is COc1ccc(-c2cc(-c3cccc([N+](=O)[O-])c3)nc(N=C(N)NCc3ccccc3)n2)cc1.Cl. The van der Waals surface area contributed by atoms with E-state index in [1.165, 1.54) is 12.1 Å². The first-order valence-electron chi connectivity index (χ1n) is 10.4. The minimum absolute atomic E-state index is 0. The molecule has 1 heterocycles. The van der Waals surface area contributed by atoms with Crippen molar-refractivity contribution in [2.45, 2.75) is 6.54 Å². The zero-order valence-corrected chi connectivity index (χ0v) is 19.6. The van der Waals surface area contributed by atoms with Crippen LogP contribution >= 0.6 is 12.4 Å². The highest BCUT2D eigenvalue weighted by atomic mass is 35.5. The third kappa shape index (κ3) is 6.52. The molecule has 0 aliphatic rings. The van der Waals surface area contributed by atoms with Crippen molar-refractivity contribution in [3.8, 4) is 28.3 Å². The molecule has 1 aromatic heterocycles. The lowest BCUT2D eigenvalue weighted by Crippen LogP contribution is -2.30. The van der Waals surface area contributed by atoms with Crippen molar-refractivity contribution in [3.63, 3.8) is 0 Å². The van der Waals surface area contributed by atoms with E-state index in [0.29, 0.717) is 29.2 Å². The minimum atomic E-state index is -0.445. The van der Waals surface area contributed by atoms with E-state index in [1.54, 1.807) is 25.3 Å². The first-order chi connectivity index (χ1) is 16.5. The molecule has 0 radical (unpaired) electrons. The van der Waals surface area contributed by atoms with Crippen LogP contribution in [0.25, 0.3) is 22.5 Å². The number of benzene rings is 3. The van der Waals surface area contributed by atoms with Crippen molar-refractivity contribution < 1.29 is 9.66 Å². The van der Waals surface area contributed by atoms with Crippen molar-refractivity contribution in [2.75, 3.05) is 7.11 Å². The van der Waals surface area contributed by atoms with Gasteiger partial charge in [-0.15, -0.1) is 12.4 Å². The molecular weight excluding hydrogens is 468 g/mol. The number of rotatable bonds is 7. The number of aromatic nitrogens is 2. The molecule has 0 aliphatic carbocycles. The summed E-state index contributed by atoms with van der Waals surface area (Å²) < 4.78 is 5.23. The number of nitrogens with two attached hydrogens (primary N) is 1. The summed E-state index contributed by atoms with van der Waals surface area (Å²) in [6.07, 6.45) is 0. The lowest BCUT2D eigenvalue weighted by Gasteiger charge is -2.09. The van der Waals surface area contributed by atoms with Gasteiger partial charge >= 0.3 is 0 Å². The topological polar surface area (TPSA) is 129 Å². The number of ether oxygens (including phenoxy) is 1. The number of hydrogen-bond donors (Lipinski definition) is 2. The van der Waals surface area contributed by atoms with Gasteiger partial charge in [0.25, 0.3) is 11.6 Å². The maximum Gasteiger partial charge on any atom is 0.270 e. The highest BCUT2D eigenvalue weighted by molar-refractivity contribution is 5.85. The van der Waals surface area contributed by atoms with Gasteiger partial charge in [-0.1, -0.05) is 42.5 Å². The third-order valence-corrected chi connectivity index (χ3v) is 4.99. The smallest absolute Gasteiger partial charge is 0.270 e. The first kappa shape index (κ1) is 25.1. The van der Waals surface area contributed by atoms with Crippen molar-refractivity contribution in [2.24, 2.45) is 10.7 Å². The summed E-state index contributed by atoms with van der Waals surface area (Å²) in [6, 6.07) is 25.2. The second-order valence-electron chi connectivity index (χ2n) is 7.31. The quantitative estimate of drug-likeness (QED) is 0.163. The van der Waals surface area contributed by atoms with Crippen LogP contribution in [0.4, 0.5) is 11.6 Å². The molecule has 3 N–H and O–H groups in total. The fourth-order valence-corrected chi connectivity index (χ4v) is 3.26. The predicted octanol–water partition coefficient (Wildman–Crippen LogP) is 4.89. The van der Waals surface area contributed by atoms with Gasteiger partial charge in [0.05, 0.1) is 23.4 Å². The number of non-ortho nitro benzene ring substituents is 1. The fraction of sp³-hybridized carbons (Fsp3) is 0.0800. The summed E-state index contributed by atoms with van der Waals surface area (Å²) in [6.45, 7) is 0.492. The van der Waals surface area contributed by atoms with E-state index in [4.69, 9.17) is 10.5 Å². The van der Waals surface area contributed by atoms with Gasteiger partial charge in [0, 0.05) is 29.8 Å². The molecule has 0 unspecified atom stereocenters. The van der Waals surface area contributed by atoms with E-state index in [-0.39, 0.29) is 30.0 Å². The van der Waals surface area contributed by atoms with E-state index < -0.39 is 4.92 Å². The molecule has 4 aromatic rings. The lowest BCUT2D eigenvalue weighted by molar-refractivity contribution is -0.384. The van der Waals surface area contributed by atoms with E-state index >= 15 is 0 Å². The maximum atomic E-state index is 11.2. The number of nitrogens with zero attached hydrogens (tertiary/aromatic N) is 4. The van der Waals surface area contributed by atoms with Crippen molar-refractivity contribution in [3.05, 3.63) is 101 Å². The van der Waals surface area contributed by atoms with Crippen LogP contribution in [0.2, 0.25) is 0 Å². The molecule has 0 atom stereocenters. The normalized spacial score (nSPS) is 10.8. The van der Waals surface area contributed by atoms with Gasteiger partial charge in [0.2, 0.25) is 0 Å². The third-order valence-electron chi connectivity index (χ3n) is 4.99. The van der Waals surface area contributed by atoms with Crippen molar-refractivity contribution in [1.82, 2.24) is 15.3 Å². The highest BCUT2D eigenvalue weighted by Crippen LogP contribution is 2.29. The average molecular weight is 491 g/mol. The monoisotopic (exact) mass is 490 g/mol.